The molecule has 1 saturated carbocycles. The molecule has 0 heterocycles. The number of amides is 1. The second kappa shape index (κ2) is 8.11. The molecule has 0 unspecified atom stereocenters. The molecule has 0 radical (unpaired) electrons. The van der Waals surface area contributed by atoms with Gasteiger partial charge in [-0.3, -0.25) is 4.79 Å². The Labute approximate surface area is 147 Å². The van der Waals surface area contributed by atoms with Crippen molar-refractivity contribution in [1.82, 2.24) is 5.43 Å². The lowest BCUT2D eigenvalue weighted by Gasteiger charge is -2.23. The van der Waals surface area contributed by atoms with Crippen molar-refractivity contribution in [3.63, 3.8) is 0 Å². The van der Waals surface area contributed by atoms with Crippen molar-refractivity contribution in [2.75, 3.05) is 0 Å². The maximum absolute atomic E-state index is 12.0. The lowest BCUT2D eigenvalue weighted by molar-refractivity contribution is -0.120. The van der Waals surface area contributed by atoms with E-state index in [4.69, 9.17) is 11.6 Å². The van der Waals surface area contributed by atoms with Crippen molar-refractivity contribution in [2.45, 2.75) is 38.0 Å². The van der Waals surface area contributed by atoms with Gasteiger partial charge in [0.25, 0.3) is 0 Å². The van der Waals surface area contributed by atoms with Gasteiger partial charge < -0.3 is 0 Å². The molecule has 24 heavy (non-hydrogen) atoms. The lowest BCUT2D eigenvalue weighted by atomic mass is 9.83. The Bertz CT molecular complexity index is 700. The average molecular weight is 341 g/mol. The van der Waals surface area contributed by atoms with Crippen LogP contribution in [0, 0.1) is 0 Å². The Balaban J connectivity index is 1.47. The van der Waals surface area contributed by atoms with Gasteiger partial charge in [0.2, 0.25) is 5.91 Å². The molecule has 1 amide bonds. The summed E-state index contributed by atoms with van der Waals surface area (Å²) in [4.78, 5) is 12.0. The number of hydrogen-bond acceptors (Lipinski definition) is 2. The SMILES string of the molecule is O=C(Cc1ccc(Cl)cc1)NN=C1CCC(c2ccccc2)CC1. The van der Waals surface area contributed by atoms with Crippen LogP contribution in [0.1, 0.15) is 42.7 Å². The van der Waals surface area contributed by atoms with Crippen LogP contribution < -0.4 is 5.43 Å². The van der Waals surface area contributed by atoms with Gasteiger partial charge >= 0.3 is 0 Å². The Morgan fingerprint density at radius 1 is 1.04 bits per heavy atom. The van der Waals surface area contributed by atoms with Gasteiger partial charge in [-0.25, -0.2) is 5.43 Å². The smallest absolute Gasteiger partial charge is 0.244 e. The van der Waals surface area contributed by atoms with Crippen molar-refractivity contribution >= 4 is 23.2 Å². The van der Waals surface area contributed by atoms with Crippen LogP contribution in [-0.4, -0.2) is 11.6 Å². The summed E-state index contributed by atoms with van der Waals surface area (Å²) >= 11 is 5.84. The summed E-state index contributed by atoms with van der Waals surface area (Å²) < 4.78 is 0. The molecule has 3 nitrogen and oxygen atoms in total. The van der Waals surface area contributed by atoms with E-state index in [0.717, 1.165) is 37.0 Å². The first-order chi connectivity index (χ1) is 11.7. The van der Waals surface area contributed by atoms with Crippen LogP contribution in [0.15, 0.2) is 59.7 Å². The zero-order valence-electron chi connectivity index (χ0n) is 13.5. The molecule has 0 saturated heterocycles. The highest BCUT2D eigenvalue weighted by atomic mass is 35.5. The first-order valence-corrected chi connectivity index (χ1v) is 8.72. The fourth-order valence-corrected chi connectivity index (χ4v) is 3.22. The van der Waals surface area contributed by atoms with E-state index in [1.807, 2.05) is 12.1 Å². The van der Waals surface area contributed by atoms with Gasteiger partial charge in [-0.2, -0.15) is 5.10 Å². The minimum atomic E-state index is -0.0880. The van der Waals surface area contributed by atoms with Crippen LogP contribution in [0.25, 0.3) is 0 Å². The quantitative estimate of drug-likeness (QED) is 0.804. The molecule has 2 aromatic carbocycles. The van der Waals surface area contributed by atoms with Gasteiger partial charge in [0.1, 0.15) is 0 Å². The molecule has 0 atom stereocenters. The second-order valence-electron chi connectivity index (χ2n) is 6.20. The monoisotopic (exact) mass is 340 g/mol. The maximum Gasteiger partial charge on any atom is 0.244 e. The zero-order valence-corrected chi connectivity index (χ0v) is 14.3. The van der Waals surface area contributed by atoms with Crippen LogP contribution >= 0.6 is 11.6 Å². The van der Waals surface area contributed by atoms with Crippen LogP contribution in [0.3, 0.4) is 0 Å². The highest BCUT2D eigenvalue weighted by molar-refractivity contribution is 6.30. The molecule has 1 aliphatic carbocycles. The molecule has 1 aliphatic rings. The fourth-order valence-electron chi connectivity index (χ4n) is 3.09. The molecule has 1 N–H and O–H groups in total. The zero-order chi connectivity index (χ0) is 16.8. The third-order valence-corrected chi connectivity index (χ3v) is 4.70. The molecular weight excluding hydrogens is 320 g/mol. The normalized spacial score (nSPS) is 17.4. The molecular formula is C20H21ClN2O. The Morgan fingerprint density at radius 2 is 1.71 bits per heavy atom. The summed E-state index contributed by atoms with van der Waals surface area (Å²) in [5, 5.41) is 4.99. The van der Waals surface area contributed by atoms with E-state index in [0.29, 0.717) is 17.4 Å². The maximum atomic E-state index is 12.0. The second-order valence-corrected chi connectivity index (χ2v) is 6.64. The van der Waals surface area contributed by atoms with Crippen LogP contribution in [0.4, 0.5) is 0 Å². The number of hydrogen-bond donors (Lipinski definition) is 1. The van der Waals surface area contributed by atoms with Crippen molar-refractivity contribution in [3.8, 4) is 0 Å². The third-order valence-electron chi connectivity index (χ3n) is 4.45. The molecule has 4 heteroatoms. The Kier molecular flexibility index (Phi) is 5.65. The predicted octanol–water partition coefficient (Wildman–Crippen LogP) is 4.71. The molecule has 124 valence electrons. The molecule has 0 aromatic heterocycles. The van der Waals surface area contributed by atoms with E-state index < -0.39 is 0 Å². The number of halogens is 1. The molecule has 0 spiro atoms. The van der Waals surface area contributed by atoms with Gasteiger partial charge in [0, 0.05) is 10.7 Å². The number of nitrogens with zero attached hydrogens (tertiary/aromatic N) is 1. The largest absolute Gasteiger partial charge is 0.273 e. The summed E-state index contributed by atoms with van der Waals surface area (Å²) in [7, 11) is 0. The van der Waals surface area contributed by atoms with Gasteiger partial charge in [-0.1, -0.05) is 54.1 Å². The highest BCUT2D eigenvalue weighted by Crippen LogP contribution is 2.31. The van der Waals surface area contributed by atoms with E-state index in [2.05, 4.69) is 40.9 Å². The molecule has 0 bridgehead atoms. The minimum Gasteiger partial charge on any atom is -0.273 e. The van der Waals surface area contributed by atoms with E-state index in [-0.39, 0.29) is 5.91 Å². The van der Waals surface area contributed by atoms with Crippen LogP contribution in [0.5, 0.6) is 0 Å². The number of nitrogens with one attached hydrogen (secondary N) is 1. The van der Waals surface area contributed by atoms with Crippen molar-refractivity contribution < 1.29 is 4.79 Å². The average Bonchev–Trinajstić information content (AvgIpc) is 2.63. The summed E-state index contributed by atoms with van der Waals surface area (Å²) in [5.74, 6) is 0.518. The Morgan fingerprint density at radius 3 is 2.38 bits per heavy atom. The van der Waals surface area contributed by atoms with Gasteiger partial charge in [-0.15, -0.1) is 0 Å². The highest BCUT2D eigenvalue weighted by Gasteiger charge is 2.19. The number of rotatable bonds is 4. The number of hydrazone groups is 1. The van der Waals surface area contributed by atoms with Crippen molar-refractivity contribution in [2.24, 2.45) is 5.10 Å². The number of benzene rings is 2. The van der Waals surface area contributed by atoms with Gasteiger partial charge in [0.15, 0.2) is 0 Å². The third kappa shape index (κ3) is 4.68. The summed E-state index contributed by atoms with van der Waals surface area (Å²) in [6, 6.07) is 17.9. The van der Waals surface area contributed by atoms with E-state index in [1.54, 1.807) is 12.1 Å². The van der Waals surface area contributed by atoms with Crippen molar-refractivity contribution in [1.29, 1.82) is 0 Å². The van der Waals surface area contributed by atoms with E-state index in [9.17, 15) is 4.79 Å². The fraction of sp³-hybridized carbons (Fsp3) is 0.300. The Hall–Kier alpha value is -2.13. The standard InChI is InChI=1S/C20H21ClN2O/c21-18-10-6-15(7-11-18)14-20(24)23-22-19-12-8-17(9-13-19)16-4-2-1-3-5-16/h1-7,10-11,17H,8-9,12-14H2,(H,23,24). The van der Waals surface area contributed by atoms with Gasteiger partial charge in [-0.05, 0) is 54.9 Å². The molecule has 0 aliphatic heterocycles. The van der Waals surface area contributed by atoms with E-state index in [1.165, 1.54) is 5.56 Å². The number of carbonyl (C=O) groups excluding carboxylic acids is 1. The first-order valence-electron chi connectivity index (χ1n) is 8.34. The first kappa shape index (κ1) is 16.7. The van der Waals surface area contributed by atoms with E-state index >= 15 is 0 Å². The minimum absolute atomic E-state index is 0.0880. The summed E-state index contributed by atoms with van der Waals surface area (Å²) in [6.45, 7) is 0. The molecule has 3 rings (SSSR count). The molecule has 1 fully saturated rings. The number of carbonyl (C=O) groups is 1. The topological polar surface area (TPSA) is 41.5 Å². The predicted molar refractivity (Wildman–Crippen MR) is 98.4 cm³/mol. The van der Waals surface area contributed by atoms with Gasteiger partial charge in [0.05, 0.1) is 6.42 Å². The molecule has 2 aromatic rings. The van der Waals surface area contributed by atoms with Crippen molar-refractivity contribution in [3.05, 3.63) is 70.7 Å². The van der Waals surface area contributed by atoms with Crippen LogP contribution in [0.2, 0.25) is 5.02 Å². The lowest BCUT2D eigenvalue weighted by Crippen LogP contribution is -2.23. The summed E-state index contributed by atoms with van der Waals surface area (Å²) in [6.07, 6.45) is 4.40. The summed E-state index contributed by atoms with van der Waals surface area (Å²) in [5.41, 5.74) is 6.12. The van der Waals surface area contributed by atoms with Crippen LogP contribution in [-0.2, 0) is 11.2 Å².